The molecule has 3 nitrogen and oxygen atoms in total. The van der Waals surface area contributed by atoms with E-state index in [4.69, 9.17) is 4.74 Å². The van der Waals surface area contributed by atoms with Crippen LogP contribution in [-0.2, 0) is 0 Å². The van der Waals surface area contributed by atoms with Crippen LogP contribution in [0.3, 0.4) is 0 Å². The van der Waals surface area contributed by atoms with Crippen molar-refractivity contribution in [2.45, 2.75) is 12.8 Å². The molecule has 1 aromatic rings. The fourth-order valence-electron chi connectivity index (χ4n) is 1.95. The maximum absolute atomic E-state index is 10.5. The predicted molar refractivity (Wildman–Crippen MR) is 76.4 cm³/mol. The molecule has 0 unspecified atom stereocenters. The third-order valence-corrected chi connectivity index (χ3v) is 3.13. The minimum Gasteiger partial charge on any atom is -0.492 e. The van der Waals surface area contributed by atoms with Crippen LogP contribution in [0.15, 0.2) is 48.2 Å². The largest absolute Gasteiger partial charge is 0.492 e. The van der Waals surface area contributed by atoms with Crippen molar-refractivity contribution in [3.05, 3.63) is 53.8 Å². The number of aldehydes is 1. The summed E-state index contributed by atoms with van der Waals surface area (Å²) in [7, 11) is 2.07. The van der Waals surface area contributed by atoms with Crippen LogP contribution in [0.1, 0.15) is 23.2 Å². The van der Waals surface area contributed by atoms with Crippen LogP contribution in [0.4, 0.5) is 0 Å². The van der Waals surface area contributed by atoms with E-state index in [0.717, 1.165) is 31.4 Å². The van der Waals surface area contributed by atoms with Crippen molar-refractivity contribution in [2.75, 3.05) is 20.2 Å². The molecular formula is C16H19NO2. The average molecular weight is 257 g/mol. The zero-order chi connectivity index (χ0) is 13.5. The van der Waals surface area contributed by atoms with E-state index < -0.39 is 0 Å². The monoisotopic (exact) mass is 257 g/mol. The minimum absolute atomic E-state index is 0.627. The summed E-state index contributed by atoms with van der Waals surface area (Å²) in [5.74, 6) is 0.798. The summed E-state index contributed by atoms with van der Waals surface area (Å²) in [6.07, 6.45) is 9.69. The molecule has 0 amide bonds. The quantitative estimate of drug-likeness (QED) is 0.734. The van der Waals surface area contributed by atoms with E-state index in [2.05, 4.69) is 30.2 Å². The second-order valence-corrected chi connectivity index (χ2v) is 4.57. The number of ether oxygens (including phenoxy) is 1. The molecule has 0 bridgehead atoms. The highest BCUT2D eigenvalue weighted by Gasteiger charge is 2.04. The van der Waals surface area contributed by atoms with Gasteiger partial charge >= 0.3 is 0 Å². The van der Waals surface area contributed by atoms with Gasteiger partial charge in [0.15, 0.2) is 0 Å². The molecular weight excluding hydrogens is 238 g/mol. The molecule has 0 saturated heterocycles. The van der Waals surface area contributed by atoms with E-state index in [1.165, 1.54) is 5.70 Å². The van der Waals surface area contributed by atoms with Crippen molar-refractivity contribution in [3.63, 3.8) is 0 Å². The topological polar surface area (TPSA) is 29.5 Å². The molecule has 0 aliphatic heterocycles. The lowest BCUT2D eigenvalue weighted by molar-refractivity contribution is 0.112. The number of likely N-dealkylation sites (N-methyl/N-ethyl adjacent to an activating group) is 1. The number of hydrogen-bond acceptors (Lipinski definition) is 3. The van der Waals surface area contributed by atoms with Gasteiger partial charge in [0.25, 0.3) is 0 Å². The Balaban J connectivity index is 1.77. The Morgan fingerprint density at radius 3 is 2.68 bits per heavy atom. The van der Waals surface area contributed by atoms with Gasteiger partial charge in [0, 0.05) is 18.3 Å². The van der Waals surface area contributed by atoms with Crippen LogP contribution in [0.5, 0.6) is 5.75 Å². The number of carbonyl (C=O) groups is 1. The number of allylic oxidation sites excluding steroid dienone is 3. The number of hydrogen-bond donors (Lipinski definition) is 0. The molecule has 0 N–H and O–H groups in total. The summed E-state index contributed by atoms with van der Waals surface area (Å²) in [5, 5.41) is 0. The molecule has 3 heteroatoms. The minimum atomic E-state index is 0.627. The van der Waals surface area contributed by atoms with Crippen molar-refractivity contribution in [3.8, 4) is 5.75 Å². The Bertz CT molecular complexity index is 474. The molecule has 100 valence electrons. The zero-order valence-electron chi connectivity index (χ0n) is 11.2. The van der Waals surface area contributed by atoms with Gasteiger partial charge in [-0.3, -0.25) is 4.79 Å². The van der Waals surface area contributed by atoms with Gasteiger partial charge in [-0.2, -0.15) is 0 Å². The Hall–Kier alpha value is -2.03. The van der Waals surface area contributed by atoms with Gasteiger partial charge in [-0.1, -0.05) is 12.2 Å². The normalized spacial score (nSPS) is 13.8. The first-order valence-corrected chi connectivity index (χ1v) is 6.55. The van der Waals surface area contributed by atoms with Gasteiger partial charge in [-0.25, -0.2) is 0 Å². The van der Waals surface area contributed by atoms with Gasteiger partial charge < -0.3 is 9.64 Å². The lowest BCUT2D eigenvalue weighted by Gasteiger charge is -2.22. The van der Waals surface area contributed by atoms with Crippen molar-refractivity contribution < 1.29 is 9.53 Å². The van der Waals surface area contributed by atoms with Crippen molar-refractivity contribution in [1.82, 2.24) is 4.90 Å². The predicted octanol–water partition coefficient (Wildman–Crippen LogP) is 3.04. The molecule has 2 rings (SSSR count). The van der Waals surface area contributed by atoms with Crippen LogP contribution in [0, 0.1) is 0 Å². The van der Waals surface area contributed by atoms with Gasteiger partial charge in [0.1, 0.15) is 18.6 Å². The second kappa shape index (κ2) is 6.78. The van der Waals surface area contributed by atoms with Crippen LogP contribution in [0.25, 0.3) is 0 Å². The molecule has 0 saturated carbocycles. The van der Waals surface area contributed by atoms with Crippen LogP contribution in [0.2, 0.25) is 0 Å². The van der Waals surface area contributed by atoms with Crippen molar-refractivity contribution in [2.24, 2.45) is 0 Å². The molecule has 1 aromatic carbocycles. The third kappa shape index (κ3) is 3.98. The SMILES string of the molecule is CN(CCOc1ccc(C=O)cc1)C1=CCCC=C1. The van der Waals surface area contributed by atoms with Gasteiger partial charge in [-0.05, 0) is 43.2 Å². The molecule has 0 fully saturated rings. The average Bonchev–Trinajstić information content (AvgIpc) is 2.49. The first-order valence-electron chi connectivity index (χ1n) is 6.55. The molecule has 0 atom stereocenters. The highest BCUT2D eigenvalue weighted by Crippen LogP contribution is 2.14. The maximum atomic E-state index is 10.5. The van der Waals surface area contributed by atoms with Gasteiger partial charge in [0.05, 0.1) is 6.54 Å². The first kappa shape index (κ1) is 13.4. The lowest BCUT2D eigenvalue weighted by atomic mass is 10.1. The molecule has 0 heterocycles. The fraction of sp³-hybridized carbons (Fsp3) is 0.312. The Morgan fingerprint density at radius 1 is 1.26 bits per heavy atom. The van der Waals surface area contributed by atoms with E-state index >= 15 is 0 Å². The zero-order valence-corrected chi connectivity index (χ0v) is 11.2. The third-order valence-electron chi connectivity index (χ3n) is 3.13. The standard InChI is InChI=1S/C16H19NO2/c1-17(15-5-3-2-4-6-15)11-12-19-16-9-7-14(13-18)8-10-16/h3,5-10,13H,2,4,11-12H2,1H3. The number of benzene rings is 1. The van der Waals surface area contributed by atoms with Crippen LogP contribution >= 0.6 is 0 Å². The second-order valence-electron chi connectivity index (χ2n) is 4.57. The summed E-state index contributed by atoms with van der Waals surface area (Å²) in [6.45, 7) is 1.47. The van der Waals surface area contributed by atoms with E-state index in [0.29, 0.717) is 12.2 Å². The first-order chi connectivity index (χ1) is 9.29. The molecule has 19 heavy (non-hydrogen) atoms. The van der Waals surface area contributed by atoms with Gasteiger partial charge in [0.2, 0.25) is 0 Å². The van der Waals surface area contributed by atoms with E-state index in [1.54, 1.807) is 12.1 Å². The lowest BCUT2D eigenvalue weighted by Crippen LogP contribution is -2.23. The van der Waals surface area contributed by atoms with E-state index in [9.17, 15) is 4.79 Å². The van der Waals surface area contributed by atoms with Crippen LogP contribution in [-0.4, -0.2) is 31.4 Å². The Labute approximate surface area is 114 Å². The smallest absolute Gasteiger partial charge is 0.150 e. The van der Waals surface area contributed by atoms with Crippen molar-refractivity contribution in [1.29, 1.82) is 0 Å². The van der Waals surface area contributed by atoms with Crippen LogP contribution < -0.4 is 4.74 Å². The summed E-state index contributed by atoms with van der Waals surface area (Å²) in [6, 6.07) is 7.17. The Kier molecular flexibility index (Phi) is 4.78. The molecule has 0 spiro atoms. The highest BCUT2D eigenvalue weighted by molar-refractivity contribution is 5.74. The molecule has 0 radical (unpaired) electrons. The van der Waals surface area contributed by atoms with Gasteiger partial charge in [-0.15, -0.1) is 0 Å². The summed E-state index contributed by atoms with van der Waals surface area (Å²) in [5.41, 5.74) is 1.92. The molecule has 1 aliphatic rings. The molecule has 0 aromatic heterocycles. The number of carbonyl (C=O) groups excluding carboxylic acids is 1. The Morgan fingerprint density at radius 2 is 2.05 bits per heavy atom. The fourth-order valence-corrected chi connectivity index (χ4v) is 1.95. The summed E-state index contributed by atoms with van der Waals surface area (Å²) >= 11 is 0. The maximum Gasteiger partial charge on any atom is 0.150 e. The van der Waals surface area contributed by atoms with E-state index in [-0.39, 0.29) is 0 Å². The van der Waals surface area contributed by atoms with Crippen molar-refractivity contribution >= 4 is 6.29 Å². The number of nitrogens with zero attached hydrogens (tertiary/aromatic N) is 1. The highest BCUT2D eigenvalue weighted by atomic mass is 16.5. The summed E-state index contributed by atoms with van der Waals surface area (Å²) < 4.78 is 5.66. The van der Waals surface area contributed by atoms with E-state index in [1.807, 2.05) is 12.1 Å². The molecule has 1 aliphatic carbocycles. The number of rotatable bonds is 6. The summed E-state index contributed by atoms with van der Waals surface area (Å²) in [4.78, 5) is 12.7.